The Hall–Kier alpha value is -1.55. The maximum absolute atomic E-state index is 11.8. The maximum atomic E-state index is 11.8. The third-order valence-corrected chi connectivity index (χ3v) is 3.48. The molecule has 2 aromatic rings. The third kappa shape index (κ3) is 2.34. The summed E-state index contributed by atoms with van der Waals surface area (Å²) in [6.45, 7) is 4.36. The van der Waals surface area contributed by atoms with Crippen LogP contribution in [-0.2, 0) is 20.6 Å². The molecule has 98 valence electrons. The van der Waals surface area contributed by atoms with Crippen LogP contribution >= 0.6 is 0 Å². The van der Waals surface area contributed by atoms with Crippen LogP contribution in [0.1, 0.15) is 25.3 Å². The zero-order valence-corrected chi connectivity index (χ0v) is 11.4. The summed E-state index contributed by atoms with van der Waals surface area (Å²) in [6, 6.07) is 6.28. The summed E-state index contributed by atoms with van der Waals surface area (Å²) in [5.74, 6) is 0. The number of benzene rings is 1. The number of quaternary nitrogens is 1. The summed E-state index contributed by atoms with van der Waals surface area (Å²) in [6.07, 6.45) is 2.49. The van der Waals surface area contributed by atoms with E-state index in [1.165, 1.54) is 24.9 Å². The fraction of sp³-hybridized carbons (Fsp3) is 0.500. The fourth-order valence-electron chi connectivity index (χ4n) is 2.30. The van der Waals surface area contributed by atoms with Crippen molar-refractivity contribution in [1.29, 1.82) is 0 Å². The van der Waals surface area contributed by atoms with Gasteiger partial charge in [-0.2, -0.15) is 0 Å². The smallest absolute Gasteiger partial charge is 0.328 e. The van der Waals surface area contributed by atoms with Gasteiger partial charge in [0, 0.05) is 19.7 Å². The first-order valence-electron chi connectivity index (χ1n) is 6.61. The molecule has 2 N–H and O–H groups in total. The van der Waals surface area contributed by atoms with Crippen LogP contribution in [0.3, 0.4) is 0 Å². The molecule has 0 saturated heterocycles. The maximum Gasteiger partial charge on any atom is 0.328 e. The number of rotatable bonds is 5. The largest absolute Gasteiger partial charge is 0.343 e. The third-order valence-electron chi connectivity index (χ3n) is 3.48. The van der Waals surface area contributed by atoms with Crippen molar-refractivity contribution in [3.63, 3.8) is 0 Å². The summed E-state index contributed by atoms with van der Waals surface area (Å²) in [4.78, 5) is 11.8. The van der Waals surface area contributed by atoms with E-state index in [2.05, 4.69) is 24.4 Å². The topological polar surface area (TPSA) is 43.5 Å². The highest BCUT2D eigenvalue weighted by Gasteiger charge is 2.08. The standard InChI is InChI=1S/C14H21N3O/c1-4-5-8-15-10-11-6-7-12-13(9-11)17(3)14(18)16(12)2/h6-7,9,15H,4-5,8,10H2,1-3H3/p+1. The number of nitrogens with two attached hydrogens (primary N) is 1. The van der Waals surface area contributed by atoms with E-state index in [9.17, 15) is 4.79 Å². The average molecular weight is 248 g/mol. The molecule has 0 amide bonds. The average Bonchev–Trinajstić information content (AvgIpc) is 2.60. The van der Waals surface area contributed by atoms with Gasteiger partial charge in [0.2, 0.25) is 0 Å². The summed E-state index contributed by atoms with van der Waals surface area (Å²) in [5, 5.41) is 2.33. The van der Waals surface area contributed by atoms with Crippen LogP contribution in [0.2, 0.25) is 0 Å². The molecule has 0 aliphatic rings. The highest BCUT2D eigenvalue weighted by molar-refractivity contribution is 5.76. The van der Waals surface area contributed by atoms with E-state index >= 15 is 0 Å². The van der Waals surface area contributed by atoms with Gasteiger partial charge < -0.3 is 5.32 Å². The lowest BCUT2D eigenvalue weighted by Gasteiger charge is -2.02. The molecule has 4 heteroatoms. The molecule has 0 unspecified atom stereocenters. The van der Waals surface area contributed by atoms with E-state index in [0.29, 0.717) is 0 Å². The second-order valence-electron chi connectivity index (χ2n) is 4.86. The van der Waals surface area contributed by atoms with Gasteiger partial charge in [0.25, 0.3) is 0 Å². The Balaban J connectivity index is 2.22. The van der Waals surface area contributed by atoms with Crippen LogP contribution < -0.4 is 11.0 Å². The van der Waals surface area contributed by atoms with Crippen molar-refractivity contribution in [2.45, 2.75) is 26.3 Å². The second kappa shape index (κ2) is 5.40. The Kier molecular flexibility index (Phi) is 3.87. The minimum Gasteiger partial charge on any atom is -0.343 e. The molecule has 4 nitrogen and oxygen atoms in total. The second-order valence-corrected chi connectivity index (χ2v) is 4.86. The lowest BCUT2D eigenvalue weighted by molar-refractivity contribution is -0.670. The molecule has 0 atom stereocenters. The molecular formula is C14H22N3O+. The molecule has 1 heterocycles. The molecule has 0 saturated carbocycles. The minimum atomic E-state index is 0.0390. The highest BCUT2D eigenvalue weighted by atomic mass is 16.1. The fourth-order valence-corrected chi connectivity index (χ4v) is 2.30. The van der Waals surface area contributed by atoms with E-state index < -0.39 is 0 Å². The van der Waals surface area contributed by atoms with E-state index in [-0.39, 0.29) is 5.69 Å². The van der Waals surface area contributed by atoms with Gasteiger partial charge in [-0.1, -0.05) is 19.4 Å². The first kappa shape index (κ1) is 12.9. The van der Waals surface area contributed by atoms with Crippen molar-refractivity contribution in [3.8, 4) is 0 Å². The summed E-state index contributed by atoms with van der Waals surface area (Å²) < 4.78 is 3.41. The molecule has 2 rings (SSSR count). The Morgan fingerprint density at radius 1 is 1.17 bits per heavy atom. The molecule has 0 radical (unpaired) electrons. The van der Waals surface area contributed by atoms with Crippen molar-refractivity contribution in [3.05, 3.63) is 34.2 Å². The number of hydrogen-bond donors (Lipinski definition) is 1. The van der Waals surface area contributed by atoms with Crippen molar-refractivity contribution >= 4 is 11.0 Å². The number of imidazole rings is 1. The van der Waals surface area contributed by atoms with Gasteiger partial charge in [-0.3, -0.25) is 9.13 Å². The van der Waals surface area contributed by atoms with Crippen LogP contribution in [0, 0.1) is 0 Å². The SMILES string of the molecule is CCCC[NH2+]Cc1ccc2c(c1)n(C)c(=O)n2C. The number of unbranched alkanes of at least 4 members (excludes halogenated alkanes) is 1. The zero-order valence-electron chi connectivity index (χ0n) is 11.4. The number of fused-ring (bicyclic) bond motifs is 1. The molecule has 18 heavy (non-hydrogen) atoms. The lowest BCUT2D eigenvalue weighted by Crippen LogP contribution is -2.82. The van der Waals surface area contributed by atoms with Gasteiger partial charge in [-0.15, -0.1) is 0 Å². The molecular weight excluding hydrogens is 226 g/mol. The first-order chi connectivity index (χ1) is 8.65. The first-order valence-corrected chi connectivity index (χ1v) is 6.61. The Labute approximate surface area is 107 Å². The van der Waals surface area contributed by atoms with Crippen LogP contribution in [0.5, 0.6) is 0 Å². The summed E-state index contributed by atoms with van der Waals surface area (Å²) in [7, 11) is 3.65. The number of aryl methyl sites for hydroxylation is 2. The van der Waals surface area contributed by atoms with Crippen molar-refractivity contribution in [2.75, 3.05) is 6.54 Å². The summed E-state index contributed by atoms with van der Waals surface area (Å²) >= 11 is 0. The summed E-state index contributed by atoms with van der Waals surface area (Å²) in [5.41, 5.74) is 3.33. The zero-order chi connectivity index (χ0) is 13.1. The molecule has 0 fully saturated rings. The lowest BCUT2D eigenvalue weighted by atomic mass is 10.2. The molecule has 0 aliphatic heterocycles. The van der Waals surface area contributed by atoms with Gasteiger partial charge in [0.05, 0.1) is 17.6 Å². The number of aromatic nitrogens is 2. The molecule has 0 spiro atoms. The van der Waals surface area contributed by atoms with Gasteiger partial charge in [0.15, 0.2) is 0 Å². The van der Waals surface area contributed by atoms with E-state index in [1.54, 1.807) is 9.13 Å². The van der Waals surface area contributed by atoms with Crippen LogP contribution in [0.25, 0.3) is 11.0 Å². The monoisotopic (exact) mass is 248 g/mol. The van der Waals surface area contributed by atoms with E-state index in [1.807, 2.05) is 20.2 Å². The Morgan fingerprint density at radius 3 is 2.61 bits per heavy atom. The van der Waals surface area contributed by atoms with Crippen LogP contribution in [0.4, 0.5) is 0 Å². The van der Waals surface area contributed by atoms with Gasteiger partial charge in [-0.05, 0) is 18.6 Å². The van der Waals surface area contributed by atoms with Crippen molar-refractivity contribution in [2.24, 2.45) is 14.1 Å². The molecule has 1 aromatic carbocycles. The predicted octanol–water partition coefficient (Wildman–Crippen LogP) is 0.740. The van der Waals surface area contributed by atoms with Gasteiger partial charge >= 0.3 is 5.69 Å². The van der Waals surface area contributed by atoms with E-state index in [4.69, 9.17) is 0 Å². The van der Waals surface area contributed by atoms with Crippen molar-refractivity contribution in [1.82, 2.24) is 9.13 Å². The highest BCUT2D eigenvalue weighted by Crippen LogP contribution is 2.13. The molecule has 0 bridgehead atoms. The van der Waals surface area contributed by atoms with Gasteiger partial charge in [-0.25, -0.2) is 4.79 Å². The minimum absolute atomic E-state index is 0.0390. The number of nitrogens with zero attached hydrogens (tertiary/aromatic N) is 2. The van der Waals surface area contributed by atoms with Crippen LogP contribution in [0.15, 0.2) is 23.0 Å². The predicted molar refractivity (Wildman–Crippen MR) is 73.6 cm³/mol. The normalized spacial score (nSPS) is 11.3. The Morgan fingerprint density at radius 2 is 1.89 bits per heavy atom. The van der Waals surface area contributed by atoms with Crippen LogP contribution in [-0.4, -0.2) is 15.7 Å². The van der Waals surface area contributed by atoms with Crippen molar-refractivity contribution < 1.29 is 5.32 Å². The number of hydrogen-bond acceptors (Lipinski definition) is 1. The molecule has 0 aliphatic carbocycles. The Bertz CT molecular complexity index is 595. The van der Waals surface area contributed by atoms with Gasteiger partial charge in [0.1, 0.15) is 6.54 Å². The van der Waals surface area contributed by atoms with E-state index in [0.717, 1.165) is 17.6 Å². The molecule has 1 aromatic heterocycles. The quantitative estimate of drug-likeness (QED) is 0.779.